The summed E-state index contributed by atoms with van der Waals surface area (Å²) in [5.41, 5.74) is 1.88. The van der Waals surface area contributed by atoms with E-state index in [1.165, 1.54) is 28.4 Å². The van der Waals surface area contributed by atoms with Crippen molar-refractivity contribution in [3.05, 3.63) is 65.7 Å². The molecule has 0 spiro atoms. The molecule has 7 nitrogen and oxygen atoms in total. The average Bonchev–Trinajstić information content (AvgIpc) is 3.07. The van der Waals surface area contributed by atoms with Gasteiger partial charge in [0.25, 0.3) is 0 Å². The number of tetrazole rings is 1. The molecule has 2 N–H and O–H groups in total. The van der Waals surface area contributed by atoms with Crippen LogP contribution in [0.3, 0.4) is 0 Å². The van der Waals surface area contributed by atoms with Crippen molar-refractivity contribution in [1.29, 1.82) is 0 Å². The third kappa shape index (κ3) is 3.51. The fourth-order valence-electron chi connectivity index (χ4n) is 3.31. The van der Waals surface area contributed by atoms with E-state index in [0.29, 0.717) is 17.4 Å². The first-order valence-corrected chi connectivity index (χ1v) is 8.79. The number of urea groups is 1. The molecule has 2 atom stereocenters. The molecule has 138 valence electrons. The van der Waals surface area contributed by atoms with Crippen LogP contribution in [0.2, 0.25) is 0 Å². The normalized spacial score (nSPS) is 18.6. The molecule has 0 bridgehead atoms. The third-order valence-corrected chi connectivity index (χ3v) is 4.88. The minimum atomic E-state index is -0.473. The Kier molecular flexibility index (Phi) is 4.53. The number of rotatable bonds is 4. The quantitative estimate of drug-likeness (QED) is 0.743. The number of nitrogens with zero attached hydrogens (tertiary/aromatic N) is 4. The topological polar surface area (TPSA) is 84.7 Å². The number of anilines is 1. The van der Waals surface area contributed by atoms with Gasteiger partial charge in [-0.05, 0) is 54.0 Å². The Labute approximate surface area is 155 Å². The molecule has 0 saturated heterocycles. The van der Waals surface area contributed by atoms with Crippen LogP contribution in [0.15, 0.2) is 48.5 Å². The van der Waals surface area contributed by atoms with Crippen molar-refractivity contribution in [2.75, 3.05) is 5.32 Å². The predicted molar refractivity (Wildman–Crippen MR) is 98.2 cm³/mol. The largest absolute Gasteiger partial charge is 0.335 e. The van der Waals surface area contributed by atoms with Crippen LogP contribution >= 0.6 is 0 Å². The zero-order valence-electron chi connectivity index (χ0n) is 14.8. The molecule has 1 aliphatic rings. The Bertz CT molecular complexity index is 958. The summed E-state index contributed by atoms with van der Waals surface area (Å²) in [7, 11) is 0. The number of aryl methyl sites for hydroxylation is 1. The molecule has 1 fully saturated rings. The number of aromatic nitrogens is 4. The fraction of sp³-hybridized carbons (Fsp3) is 0.263. The van der Waals surface area contributed by atoms with Crippen LogP contribution in [0.1, 0.15) is 30.1 Å². The van der Waals surface area contributed by atoms with E-state index >= 15 is 0 Å². The van der Waals surface area contributed by atoms with Crippen LogP contribution in [0.5, 0.6) is 0 Å². The van der Waals surface area contributed by atoms with Crippen molar-refractivity contribution in [3.8, 4) is 5.69 Å². The van der Waals surface area contributed by atoms with Crippen molar-refractivity contribution in [3.63, 3.8) is 0 Å². The lowest BCUT2D eigenvalue weighted by Crippen LogP contribution is -2.47. The van der Waals surface area contributed by atoms with Crippen molar-refractivity contribution in [1.82, 2.24) is 25.5 Å². The lowest BCUT2D eigenvalue weighted by Gasteiger charge is -2.37. The number of amides is 2. The van der Waals surface area contributed by atoms with Gasteiger partial charge in [0.05, 0.1) is 0 Å². The van der Waals surface area contributed by atoms with Gasteiger partial charge in [0.1, 0.15) is 11.5 Å². The first-order chi connectivity index (χ1) is 13.1. The summed E-state index contributed by atoms with van der Waals surface area (Å²) in [6, 6.07) is 14.2. The summed E-state index contributed by atoms with van der Waals surface area (Å²) in [5, 5.41) is 16.8. The van der Waals surface area contributed by atoms with Crippen LogP contribution in [-0.2, 0) is 0 Å². The molecule has 0 unspecified atom stereocenters. The molecular weight excluding hydrogens is 347 g/mol. The number of nitrogens with one attached hydrogen (secondary N) is 2. The summed E-state index contributed by atoms with van der Waals surface area (Å²) in [5.74, 6) is 0.305. The molecule has 0 aliphatic heterocycles. The predicted octanol–water partition coefficient (Wildman–Crippen LogP) is 3.18. The van der Waals surface area contributed by atoms with Crippen molar-refractivity contribution < 1.29 is 9.18 Å². The first kappa shape index (κ1) is 17.1. The number of carbonyl (C=O) groups is 1. The molecule has 1 aromatic heterocycles. The van der Waals surface area contributed by atoms with E-state index in [-0.39, 0.29) is 17.8 Å². The number of carbonyl (C=O) groups excluding carboxylic acids is 1. The maximum atomic E-state index is 14.1. The molecule has 2 amide bonds. The highest BCUT2D eigenvalue weighted by molar-refractivity contribution is 5.89. The summed E-state index contributed by atoms with van der Waals surface area (Å²) in [6.45, 7) is 1.67. The molecule has 3 aromatic rings. The van der Waals surface area contributed by atoms with Crippen molar-refractivity contribution >= 4 is 11.7 Å². The second-order valence-corrected chi connectivity index (χ2v) is 6.60. The fourth-order valence-corrected chi connectivity index (χ4v) is 3.31. The SMILES string of the molecule is Cc1nnnn1-c1cc(NC(=O)N[C@@H]2CC[C@@H]2c2ccccc2)ccc1F. The van der Waals surface area contributed by atoms with Crippen molar-refractivity contribution in [2.45, 2.75) is 31.7 Å². The maximum Gasteiger partial charge on any atom is 0.319 e. The summed E-state index contributed by atoms with van der Waals surface area (Å²) in [4.78, 5) is 12.4. The van der Waals surface area contributed by atoms with E-state index < -0.39 is 5.82 Å². The van der Waals surface area contributed by atoms with Crippen LogP contribution in [-0.4, -0.2) is 32.3 Å². The molecule has 2 aromatic carbocycles. The first-order valence-electron chi connectivity index (χ1n) is 8.79. The Hall–Kier alpha value is -3.29. The zero-order valence-corrected chi connectivity index (χ0v) is 14.8. The molecule has 8 heteroatoms. The molecular formula is C19H19FN6O. The smallest absolute Gasteiger partial charge is 0.319 e. The molecule has 4 rings (SSSR count). The Morgan fingerprint density at radius 3 is 2.67 bits per heavy atom. The van der Waals surface area contributed by atoms with Gasteiger partial charge in [-0.1, -0.05) is 30.3 Å². The van der Waals surface area contributed by atoms with E-state index in [4.69, 9.17) is 0 Å². The molecule has 1 aliphatic carbocycles. The van der Waals surface area contributed by atoms with Gasteiger partial charge in [0.15, 0.2) is 5.82 Å². The monoisotopic (exact) mass is 366 g/mol. The van der Waals surface area contributed by atoms with E-state index in [0.717, 1.165) is 12.8 Å². The number of hydrogen-bond acceptors (Lipinski definition) is 4. The van der Waals surface area contributed by atoms with Gasteiger partial charge in [-0.15, -0.1) is 5.10 Å². The number of benzene rings is 2. The number of hydrogen-bond donors (Lipinski definition) is 2. The highest BCUT2D eigenvalue weighted by atomic mass is 19.1. The van der Waals surface area contributed by atoms with Crippen LogP contribution in [0.25, 0.3) is 5.69 Å². The van der Waals surface area contributed by atoms with Gasteiger partial charge in [0, 0.05) is 17.6 Å². The Balaban J connectivity index is 1.44. The van der Waals surface area contributed by atoms with E-state index in [2.05, 4.69) is 38.3 Å². The van der Waals surface area contributed by atoms with Crippen LogP contribution in [0.4, 0.5) is 14.9 Å². The lowest BCUT2D eigenvalue weighted by molar-refractivity contribution is 0.231. The zero-order chi connectivity index (χ0) is 18.8. The van der Waals surface area contributed by atoms with E-state index in [1.54, 1.807) is 6.92 Å². The lowest BCUT2D eigenvalue weighted by atomic mass is 9.75. The van der Waals surface area contributed by atoms with Crippen LogP contribution in [0, 0.1) is 12.7 Å². The van der Waals surface area contributed by atoms with Gasteiger partial charge in [-0.25, -0.2) is 9.18 Å². The van der Waals surface area contributed by atoms with E-state index in [1.807, 2.05) is 18.2 Å². The van der Waals surface area contributed by atoms with Crippen LogP contribution < -0.4 is 10.6 Å². The highest BCUT2D eigenvalue weighted by Gasteiger charge is 2.33. The van der Waals surface area contributed by atoms with Gasteiger partial charge in [-0.3, -0.25) is 0 Å². The second kappa shape index (κ2) is 7.14. The average molecular weight is 366 g/mol. The number of halogens is 1. The van der Waals surface area contributed by atoms with Gasteiger partial charge in [0.2, 0.25) is 0 Å². The summed E-state index contributed by atoms with van der Waals surface area (Å²) in [6.07, 6.45) is 1.99. The maximum absolute atomic E-state index is 14.1. The molecule has 0 radical (unpaired) electrons. The molecule has 27 heavy (non-hydrogen) atoms. The second-order valence-electron chi connectivity index (χ2n) is 6.60. The minimum absolute atomic E-state index is 0.0917. The van der Waals surface area contributed by atoms with Gasteiger partial charge < -0.3 is 10.6 Å². The molecule has 1 heterocycles. The van der Waals surface area contributed by atoms with E-state index in [9.17, 15) is 9.18 Å². The minimum Gasteiger partial charge on any atom is -0.335 e. The molecule has 1 saturated carbocycles. The Morgan fingerprint density at radius 1 is 1.19 bits per heavy atom. The van der Waals surface area contributed by atoms with Gasteiger partial charge >= 0.3 is 6.03 Å². The standard InChI is InChI=1S/C19H19FN6O/c1-12-23-24-25-26(12)18-11-14(7-9-16(18)20)21-19(27)22-17-10-8-15(17)13-5-3-2-4-6-13/h2-7,9,11,15,17H,8,10H2,1H3,(H2,21,22,27)/t15-,17-/m1/s1. The Morgan fingerprint density at radius 2 is 2.00 bits per heavy atom. The highest BCUT2D eigenvalue weighted by Crippen LogP contribution is 2.36. The third-order valence-electron chi connectivity index (χ3n) is 4.88. The summed E-state index contributed by atoms with van der Waals surface area (Å²) >= 11 is 0. The van der Waals surface area contributed by atoms with Crippen molar-refractivity contribution in [2.24, 2.45) is 0 Å². The summed E-state index contributed by atoms with van der Waals surface area (Å²) < 4.78 is 15.4. The van der Waals surface area contributed by atoms with Gasteiger partial charge in [-0.2, -0.15) is 4.68 Å².